The molecule has 1 heterocycles. The molecule has 0 bridgehead atoms. The number of nitrogens with zero attached hydrogens (tertiary/aromatic N) is 2. The minimum Gasteiger partial charge on any atom is -0.306 e. The fraction of sp³-hybridized carbons (Fsp3) is 0.263. The Labute approximate surface area is 135 Å². The Hall–Kier alpha value is -2.80. The van der Waals surface area contributed by atoms with Crippen LogP contribution in [-0.4, -0.2) is 9.55 Å². The Balaban J connectivity index is 2.15. The van der Waals surface area contributed by atoms with Gasteiger partial charge in [0.25, 0.3) is 0 Å². The number of rotatable bonds is 2. The van der Waals surface area contributed by atoms with Crippen molar-refractivity contribution in [2.45, 2.75) is 27.3 Å². The zero-order chi connectivity index (χ0) is 16.6. The minimum absolute atomic E-state index is 0.0189. The Kier molecular flexibility index (Phi) is 3.57. The van der Waals surface area contributed by atoms with Crippen LogP contribution in [0, 0.1) is 16.7 Å². The second-order valence-corrected chi connectivity index (χ2v) is 6.97. The Morgan fingerprint density at radius 1 is 1.17 bits per heavy atom. The summed E-state index contributed by atoms with van der Waals surface area (Å²) in [6.45, 7) is 6.97. The van der Waals surface area contributed by atoms with Gasteiger partial charge in [-0.25, -0.2) is 4.79 Å². The molecule has 23 heavy (non-hydrogen) atoms. The van der Waals surface area contributed by atoms with E-state index in [2.05, 4.69) is 31.8 Å². The molecule has 0 saturated carbocycles. The highest BCUT2D eigenvalue weighted by atomic mass is 16.1. The second-order valence-electron chi connectivity index (χ2n) is 6.97. The first kappa shape index (κ1) is 15.1. The van der Waals surface area contributed by atoms with Gasteiger partial charge in [-0.05, 0) is 34.7 Å². The molecule has 0 atom stereocenters. The quantitative estimate of drug-likeness (QED) is 0.780. The Bertz CT molecular complexity index is 965. The van der Waals surface area contributed by atoms with E-state index in [-0.39, 0.29) is 11.1 Å². The number of hydrogen-bond acceptors (Lipinski definition) is 2. The first-order valence-corrected chi connectivity index (χ1v) is 7.61. The third-order valence-electron chi connectivity index (χ3n) is 3.77. The zero-order valence-corrected chi connectivity index (χ0v) is 13.6. The van der Waals surface area contributed by atoms with Gasteiger partial charge in [-0.1, -0.05) is 45.0 Å². The largest absolute Gasteiger partial charge is 0.326 e. The monoisotopic (exact) mass is 305 g/mol. The summed E-state index contributed by atoms with van der Waals surface area (Å²) < 4.78 is 1.77. The van der Waals surface area contributed by atoms with Crippen molar-refractivity contribution in [2.75, 3.05) is 0 Å². The van der Waals surface area contributed by atoms with Crippen LogP contribution in [0.15, 0.2) is 47.3 Å². The lowest BCUT2D eigenvalue weighted by molar-refractivity contribution is 0.344. The summed E-state index contributed by atoms with van der Waals surface area (Å²) in [5, 5.41) is 9.26. The van der Waals surface area contributed by atoms with Crippen LogP contribution >= 0.6 is 0 Å². The predicted octanol–water partition coefficient (Wildman–Crippen LogP) is 3.91. The highest BCUT2D eigenvalue weighted by molar-refractivity contribution is 5.83. The van der Waals surface area contributed by atoms with E-state index in [0.717, 1.165) is 22.2 Å². The molecule has 4 heteroatoms. The van der Waals surface area contributed by atoms with Gasteiger partial charge in [0.15, 0.2) is 0 Å². The number of imidazole rings is 1. The predicted molar refractivity (Wildman–Crippen MR) is 92.2 cm³/mol. The lowest BCUT2D eigenvalue weighted by Gasteiger charge is -2.18. The fourth-order valence-corrected chi connectivity index (χ4v) is 2.79. The molecule has 4 nitrogen and oxygen atoms in total. The van der Waals surface area contributed by atoms with Crippen molar-refractivity contribution in [1.29, 1.82) is 5.26 Å². The van der Waals surface area contributed by atoms with Crippen molar-refractivity contribution in [3.63, 3.8) is 0 Å². The van der Waals surface area contributed by atoms with Gasteiger partial charge in [-0.2, -0.15) is 5.26 Å². The summed E-state index contributed by atoms with van der Waals surface area (Å²) in [5.74, 6) is 0. The molecule has 3 aromatic rings. The van der Waals surface area contributed by atoms with E-state index in [1.54, 1.807) is 10.6 Å². The number of hydrogen-bond donors (Lipinski definition) is 1. The van der Waals surface area contributed by atoms with Crippen LogP contribution in [-0.2, 0) is 6.54 Å². The molecule has 0 saturated heterocycles. The van der Waals surface area contributed by atoms with Crippen molar-refractivity contribution in [3.05, 3.63) is 58.5 Å². The lowest BCUT2D eigenvalue weighted by atomic mass is 9.96. The first-order chi connectivity index (χ1) is 10.9. The Morgan fingerprint density at radius 2 is 1.91 bits per heavy atom. The number of nitriles is 1. The van der Waals surface area contributed by atoms with Gasteiger partial charge in [-0.15, -0.1) is 0 Å². The van der Waals surface area contributed by atoms with Crippen LogP contribution in [0.3, 0.4) is 0 Å². The molecule has 0 radical (unpaired) electrons. The molecule has 3 rings (SSSR count). The van der Waals surface area contributed by atoms with E-state index in [0.29, 0.717) is 12.1 Å². The van der Waals surface area contributed by atoms with E-state index in [9.17, 15) is 10.1 Å². The van der Waals surface area contributed by atoms with Gasteiger partial charge in [0.2, 0.25) is 0 Å². The highest BCUT2D eigenvalue weighted by Gasteiger charge is 2.16. The highest BCUT2D eigenvalue weighted by Crippen LogP contribution is 2.27. The van der Waals surface area contributed by atoms with Crippen LogP contribution in [0.1, 0.15) is 26.3 Å². The maximum Gasteiger partial charge on any atom is 0.326 e. The van der Waals surface area contributed by atoms with Crippen molar-refractivity contribution < 1.29 is 0 Å². The number of aromatic nitrogens is 2. The van der Waals surface area contributed by atoms with Gasteiger partial charge in [0.05, 0.1) is 22.7 Å². The summed E-state index contributed by atoms with van der Waals surface area (Å²) in [5.41, 5.74) is 4.04. The molecule has 0 aliphatic carbocycles. The van der Waals surface area contributed by atoms with Crippen LogP contribution in [0.25, 0.3) is 22.2 Å². The third kappa shape index (κ3) is 2.91. The molecule has 1 aromatic heterocycles. The summed E-state index contributed by atoms with van der Waals surface area (Å²) in [6.07, 6.45) is 0. The Morgan fingerprint density at radius 3 is 2.61 bits per heavy atom. The van der Waals surface area contributed by atoms with Gasteiger partial charge < -0.3 is 4.98 Å². The van der Waals surface area contributed by atoms with Crippen molar-refractivity contribution in [1.82, 2.24) is 9.55 Å². The minimum atomic E-state index is -0.0966. The first-order valence-electron chi connectivity index (χ1n) is 7.61. The average molecular weight is 305 g/mol. The SMILES string of the molecule is CC(C)(C)Cn1c(=O)[nH]c2cc(-c3ccccc3C#N)ccc21. The molecular formula is C19H19N3O. The summed E-state index contributed by atoms with van der Waals surface area (Å²) in [4.78, 5) is 15.2. The van der Waals surface area contributed by atoms with Crippen LogP contribution in [0.4, 0.5) is 0 Å². The molecule has 2 aromatic carbocycles. The standard InChI is InChI=1S/C19H19N3O/c1-19(2,3)12-22-17-9-8-13(10-16(17)21-18(22)23)15-7-5-4-6-14(15)11-20/h4-10H,12H2,1-3H3,(H,21,23). The summed E-state index contributed by atoms with van der Waals surface area (Å²) in [6, 6.07) is 15.5. The van der Waals surface area contributed by atoms with Gasteiger partial charge in [-0.3, -0.25) is 4.57 Å². The molecular weight excluding hydrogens is 286 g/mol. The van der Waals surface area contributed by atoms with E-state index in [4.69, 9.17) is 0 Å². The number of fused-ring (bicyclic) bond motifs is 1. The van der Waals surface area contributed by atoms with Gasteiger partial charge in [0.1, 0.15) is 0 Å². The molecule has 0 fully saturated rings. The fourth-order valence-electron chi connectivity index (χ4n) is 2.79. The van der Waals surface area contributed by atoms with Crippen molar-refractivity contribution in [3.8, 4) is 17.2 Å². The van der Waals surface area contributed by atoms with E-state index >= 15 is 0 Å². The van der Waals surface area contributed by atoms with Gasteiger partial charge >= 0.3 is 5.69 Å². The normalized spacial score (nSPS) is 11.6. The maximum atomic E-state index is 12.2. The van der Waals surface area contributed by atoms with Crippen molar-refractivity contribution >= 4 is 11.0 Å². The molecule has 0 aliphatic rings. The van der Waals surface area contributed by atoms with E-state index in [1.165, 1.54) is 0 Å². The lowest BCUT2D eigenvalue weighted by Crippen LogP contribution is -2.24. The maximum absolute atomic E-state index is 12.2. The summed E-state index contributed by atoms with van der Waals surface area (Å²) in [7, 11) is 0. The second kappa shape index (κ2) is 5.44. The van der Waals surface area contributed by atoms with Crippen molar-refractivity contribution in [2.24, 2.45) is 5.41 Å². The number of benzene rings is 2. The molecule has 116 valence electrons. The smallest absolute Gasteiger partial charge is 0.306 e. The molecule has 1 N–H and O–H groups in total. The van der Waals surface area contributed by atoms with Crippen LogP contribution in [0.2, 0.25) is 0 Å². The third-order valence-corrected chi connectivity index (χ3v) is 3.77. The molecule has 0 amide bonds. The molecule has 0 aliphatic heterocycles. The average Bonchev–Trinajstić information content (AvgIpc) is 2.80. The summed E-state index contributed by atoms with van der Waals surface area (Å²) >= 11 is 0. The van der Waals surface area contributed by atoms with Gasteiger partial charge in [0, 0.05) is 6.54 Å². The molecule has 0 spiro atoms. The number of nitrogens with one attached hydrogen (secondary N) is 1. The number of aromatic amines is 1. The number of H-pyrrole nitrogens is 1. The zero-order valence-electron chi connectivity index (χ0n) is 13.6. The van der Waals surface area contributed by atoms with Crippen LogP contribution in [0.5, 0.6) is 0 Å². The van der Waals surface area contributed by atoms with Crippen LogP contribution < -0.4 is 5.69 Å². The van der Waals surface area contributed by atoms with E-state index in [1.807, 2.05) is 36.4 Å². The molecule has 0 unspecified atom stereocenters. The van der Waals surface area contributed by atoms with E-state index < -0.39 is 0 Å². The topological polar surface area (TPSA) is 61.6 Å².